The second-order valence-electron chi connectivity index (χ2n) is 7.84. The number of hydrogen-bond acceptors (Lipinski definition) is 7. The van der Waals surface area contributed by atoms with Crippen molar-refractivity contribution < 1.29 is 27.5 Å². The number of nitrogens with one attached hydrogen (secondary N) is 1. The van der Waals surface area contributed by atoms with Crippen LogP contribution in [0.1, 0.15) is 16.7 Å². The summed E-state index contributed by atoms with van der Waals surface area (Å²) in [7, 11) is -2.73. The maximum Gasteiger partial charge on any atom is 0.343 e. The Morgan fingerprint density at radius 2 is 1.69 bits per heavy atom. The number of anilines is 1. The zero-order chi connectivity index (χ0) is 26.1. The third-order valence-electron chi connectivity index (χ3n) is 5.12. The average molecular weight is 510 g/mol. The summed E-state index contributed by atoms with van der Waals surface area (Å²) in [6, 6.07) is 20.0. The third kappa shape index (κ3) is 6.92. The van der Waals surface area contributed by atoms with Gasteiger partial charge in [0.15, 0.2) is 6.61 Å². The molecule has 0 radical (unpaired) electrons. The average Bonchev–Trinajstić information content (AvgIpc) is 2.88. The summed E-state index contributed by atoms with van der Waals surface area (Å²) >= 11 is 0. The molecule has 0 aliphatic heterocycles. The molecule has 10 heteroatoms. The van der Waals surface area contributed by atoms with Gasteiger partial charge in [0, 0.05) is 0 Å². The van der Waals surface area contributed by atoms with Gasteiger partial charge in [-0.05, 0) is 73.0 Å². The van der Waals surface area contributed by atoms with Crippen LogP contribution in [0, 0.1) is 13.8 Å². The van der Waals surface area contributed by atoms with Crippen molar-refractivity contribution >= 4 is 33.8 Å². The minimum atomic E-state index is -4.01. The molecule has 0 saturated heterocycles. The highest BCUT2D eigenvalue weighted by Crippen LogP contribution is 2.27. The van der Waals surface area contributed by atoms with Gasteiger partial charge in [0.05, 0.1) is 23.9 Å². The molecule has 0 unspecified atom stereocenters. The monoisotopic (exact) mass is 509 g/mol. The van der Waals surface area contributed by atoms with Gasteiger partial charge >= 0.3 is 5.97 Å². The summed E-state index contributed by atoms with van der Waals surface area (Å²) in [4.78, 5) is 24.0. The van der Waals surface area contributed by atoms with E-state index in [2.05, 4.69) is 15.3 Å². The van der Waals surface area contributed by atoms with E-state index in [0.29, 0.717) is 22.6 Å². The molecule has 1 amide bonds. The Morgan fingerprint density at radius 1 is 1.00 bits per heavy atom. The maximum atomic E-state index is 13.4. The minimum absolute atomic E-state index is 0.0803. The van der Waals surface area contributed by atoms with Crippen LogP contribution in [-0.4, -0.2) is 46.8 Å². The van der Waals surface area contributed by atoms with Gasteiger partial charge in [0.1, 0.15) is 12.3 Å². The molecule has 3 rings (SSSR count). The Bertz CT molecular complexity index is 1340. The molecule has 0 aliphatic carbocycles. The summed E-state index contributed by atoms with van der Waals surface area (Å²) < 4.78 is 37.8. The molecule has 3 aromatic rings. The number of ether oxygens (including phenoxy) is 2. The molecule has 188 valence electrons. The lowest BCUT2D eigenvalue weighted by Crippen LogP contribution is -2.40. The number of hydrogen-bond donors (Lipinski definition) is 1. The van der Waals surface area contributed by atoms with Crippen LogP contribution in [0.25, 0.3) is 0 Å². The van der Waals surface area contributed by atoms with Crippen LogP contribution in [0.5, 0.6) is 5.75 Å². The standard InChI is InChI=1S/C26H27N3O6S/c1-19-9-10-20(2)24(15-19)29(36(32,33)23-7-5-4-6-8-23)17-25(30)28-27-16-21-11-13-22(14-12-21)35-18-26(31)34-3/h4-16H,17-18H2,1-3H3,(H,28,30)/b27-16-. The number of esters is 1. The molecule has 0 fully saturated rings. The van der Waals surface area contributed by atoms with Crippen LogP contribution in [0.15, 0.2) is 82.8 Å². The molecule has 0 atom stereocenters. The Hall–Kier alpha value is -4.18. The van der Waals surface area contributed by atoms with E-state index in [1.54, 1.807) is 55.5 Å². The number of rotatable bonds is 10. The van der Waals surface area contributed by atoms with Crippen molar-refractivity contribution in [1.82, 2.24) is 5.43 Å². The topological polar surface area (TPSA) is 114 Å². The van der Waals surface area contributed by atoms with Gasteiger partial charge in [0.25, 0.3) is 15.9 Å². The summed E-state index contributed by atoms with van der Waals surface area (Å²) in [5.74, 6) is -0.630. The summed E-state index contributed by atoms with van der Waals surface area (Å²) in [5, 5.41) is 3.94. The first-order valence-electron chi connectivity index (χ1n) is 11.0. The highest BCUT2D eigenvalue weighted by Gasteiger charge is 2.28. The van der Waals surface area contributed by atoms with Gasteiger partial charge in [0.2, 0.25) is 0 Å². The van der Waals surface area contributed by atoms with Crippen LogP contribution in [-0.2, 0) is 24.3 Å². The molecule has 9 nitrogen and oxygen atoms in total. The summed E-state index contributed by atoms with van der Waals surface area (Å²) in [6.45, 7) is 2.98. The number of hydrazone groups is 1. The van der Waals surface area contributed by atoms with Crippen molar-refractivity contribution in [3.8, 4) is 5.75 Å². The van der Waals surface area contributed by atoms with Crippen molar-refractivity contribution in [2.45, 2.75) is 18.7 Å². The minimum Gasteiger partial charge on any atom is -0.482 e. The molecule has 0 aromatic heterocycles. The number of carbonyl (C=O) groups excluding carboxylic acids is 2. The van der Waals surface area contributed by atoms with Crippen LogP contribution in [0.3, 0.4) is 0 Å². The first-order chi connectivity index (χ1) is 17.2. The SMILES string of the molecule is COC(=O)COc1ccc(/C=N\NC(=O)CN(c2cc(C)ccc2C)S(=O)(=O)c2ccccc2)cc1. The second-order valence-corrected chi connectivity index (χ2v) is 9.70. The highest BCUT2D eigenvalue weighted by atomic mass is 32.2. The van der Waals surface area contributed by atoms with Gasteiger partial charge in [-0.25, -0.2) is 18.6 Å². The Morgan fingerprint density at radius 3 is 2.36 bits per heavy atom. The number of methoxy groups -OCH3 is 1. The van der Waals surface area contributed by atoms with Crippen LogP contribution >= 0.6 is 0 Å². The molecule has 0 bridgehead atoms. The van der Waals surface area contributed by atoms with E-state index < -0.39 is 28.4 Å². The molecule has 0 aliphatic rings. The smallest absolute Gasteiger partial charge is 0.343 e. The Kier molecular flexibility index (Phi) is 8.80. The lowest BCUT2D eigenvalue weighted by Gasteiger charge is -2.25. The number of sulfonamides is 1. The van der Waals surface area contributed by atoms with E-state index in [4.69, 9.17) is 4.74 Å². The first kappa shape index (κ1) is 26.4. The molecule has 1 N–H and O–H groups in total. The third-order valence-corrected chi connectivity index (χ3v) is 6.89. The molecule has 36 heavy (non-hydrogen) atoms. The van der Waals surface area contributed by atoms with E-state index in [-0.39, 0.29) is 11.5 Å². The Labute approximate surface area is 210 Å². The lowest BCUT2D eigenvalue weighted by molar-refractivity contribution is -0.142. The fraction of sp³-hybridized carbons (Fsp3) is 0.192. The van der Waals surface area contributed by atoms with Crippen molar-refractivity contribution in [2.75, 3.05) is 24.6 Å². The predicted octanol–water partition coefficient (Wildman–Crippen LogP) is 3.20. The molecular formula is C26H27N3O6S. The number of nitrogens with zero attached hydrogens (tertiary/aromatic N) is 2. The van der Waals surface area contributed by atoms with E-state index >= 15 is 0 Å². The van der Waals surface area contributed by atoms with E-state index in [1.165, 1.54) is 25.5 Å². The van der Waals surface area contributed by atoms with Crippen LogP contribution in [0.2, 0.25) is 0 Å². The zero-order valence-electron chi connectivity index (χ0n) is 20.2. The Balaban J connectivity index is 1.73. The molecule has 0 heterocycles. The zero-order valence-corrected chi connectivity index (χ0v) is 21.0. The van der Waals surface area contributed by atoms with Gasteiger partial charge in [-0.3, -0.25) is 9.10 Å². The van der Waals surface area contributed by atoms with Crippen molar-refractivity contribution in [3.05, 3.63) is 89.5 Å². The normalized spacial score (nSPS) is 11.2. The van der Waals surface area contributed by atoms with Crippen molar-refractivity contribution in [2.24, 2.45) is 5.10 Å². The quantitative estimate of drug-likeness (QED) is 0.255. The molecule has 0 spiro atoms. The predicted molar refractivity (Wildman–Crippen MR) is 137 cm³/mol. The fourth-order valence-electron chi connectivity index (χ4n) is 3.20. The first-order valence-corrected chi connectivity index (χ1v) is 12.4. The number of carbonyl (C=O) groups is 2. The largest absolute Gasteiger partial charge is 0.482 e. The van der Waals surface area contributed by atoms with E-state index in [1.807, 2.05) is 19.1 Å². The molecule has 3 aromatic carbocycles. The van der Waals surface area contributed by atoms with Crippen molar-refractivity contribution in [3.63, 3.8) is 0 Å². The van der Waals surface area contributed by atoms with Crippen molar-refractivity contribution in [1.29, 1.82) is 0 Å². The maximum absolute atomic E-state index is 13.4. The molecular weight excluding hydrogens is 482 g/mol. The van der Waals surface area contributed by atoms with Crippen LogP contribution < -0.4 is 14.5 Å². The van der Waals surface area contributed by atoms with E-state index in [9.17, 15) is 18.0 Å². The van der Waals surface area contributed by atoms with Gasteiger partial charge in [-0.15, -0.1) is 0 Å². The van der Waals surface area contributed by atoms with Gasteiger partial charge in [-0.1, -0.05) is 30.3 Å². The van der Waals surface area contributed by atoms with E-state index in [0.717, 1.165) is 9.87 Å². The number of amides is 1. The summed E-state index contributed by atoms with van der Waals surface area (Å²) in [5.41, 5.74) is 5.03. The van der Waals surface area contributed by atoms with Gasteiger partial charge in [-0.2, -0.15) is 5.10 Å². The molecule has 0 saturated carbocycles. The second kappa shape index (κ2) is 12.0. The van der Waals surface area contributed by atoms with Crippen LogP contribution in [0.4, 0.5) is 5.69 Å². The fourth-order valence-corrected chi connectivity index (χ4v) is 4.70. The lowest BCUT2D eigenvalue weighted by atomic mass is 10.1. The summed E-state index contributed by atoms with van der Waals surface area (Å²) in [6.07, 6.45) is 1.41. The number of benzene rings is 3. The van der Waals surface area contributed by atoms with Gasteiger partial charge < -0.3 is 9.47 Å². The number of aryl methyl sites for hydroxylation is 2. The highest BCUT2D eigenvalue weighted by molar-refractivity contribution is 7.92.